The number of halogens is 1. The van der Waals surface area contributed by atoms with Gasteiger partial charge in [-0.3, -0.25) is 0 Å². The Balaban J connectivity index is 3.03. The molecule has 0 atom stereocenters. The number of benzene rings is 1. The summed E-state index contributed by atoms with van der Waals surface area (Å²) in [5.41, 5.74) is 0.257. The predicted octanol–water partition coefficient (Wildman–Crippen LogP) is 2.18. The van der Waals surface area contributed by atoms with Gasteiger partial charge in [0.15, 0.2) is 20.4 Å². The van der Waals surface area contributed by atoms with E-state index in [2.05, 4.69) is 15.9 Å². The molecule has 8 heteroatoms. The molecule has 0 fully saturated rings. The van der Waals surface area contributed by atoms with Gasteiger partial charge in [0.1, 0.15) is 16.0 Å². The van der Waals surface area contributed by atoms with Gasteiger partial charge in [0, 0.05) is 21.3 Å². The molecule has 1 rings (SSSR count). The van der Waals surface area contributed by atoms with Crippen LogP contribution in [0, 0.1) is 0 Å². The van der Waals surface area contributed by atoms with Gasteiger partial charge in [0.25, 0.3) is 0 Å². The lowest BCUT2D eigenvalue weighted by Crippen LogP contribution is -2.10. The number of carbonyl (C=O) groups is 1. The topological polar surface area (TPSA) is 72.5 Å². The van der Waals surface area contributed by atoms with E-state index in [1.54, 1.807) is 0 Å². The molecule has 1 aromatic rings. The molecule has 21 heavy (non-hydrogen) atoms. The maximum absolute atomic E-state index is 11.9. The molecule has 0 amide bonds. The van der Waals surface area contributed by atoms with Crippen LogP contribution in [0.5, 0.6) is 11.5 Å². The Morgan fingerprint density at radius 1 is 0.952 bits per heavy atom. The molecule has 0 aliphatic heterocycles. The summed E-state index contributed by atoms with van der Waals surface area (Å²) in [4.78, 5) is 11.9. The summed E-state index contributed by atoms with van der Waals surface area (Å²) < 4.78 is 30.6. The quantitative estimate of drug-likeness (QED) is 0.491. The number of carbonyl (C=O) groups excluding carboxylic acids is 1. The van der Waals surface area contributed by atoms with E-state index in [1.807, 2.05) is 0 Å². The van der Waals surface area contributed by atoms with Gasteiger partial charge in [-0.1, -0.05) is 0 Å². The van der Waals surface area contributed by atoms with Gasteiger partial charge in [0.2, 0.25) is 0 Å². The molecule has 0 N–H and O–H groups in total. The zero-order chi connectivity index (χ0) is 15.7. The summed E-state index contributed by atoms with van der Waals surface area (Å²) in [5, 5.41) is 0. The predicted molar refractivity (Wildman–Crippen MR) is 76.4 cm³/mol. The van der Waals surface area contributed by atoms with E-state index in [-0.39, 0.29) is 25.9 Å². The molecule has 0 bridgehead atoms. The summed E-state index contributed by atoms with van der Waals surface area (Å²) in [6.07, 6.45) is 0. The van der Waals surface area contributed by atoms with Crippen LogP contribution in [-0.4, -0.2) is 47.7 Å². The van der Waals surface area contributed by atoms with Crippen molar-refractivity contribution < 1.29 is 33.2 Å². The maximum atomic E-state index is 11.9. The standard InChI is InChI=1S/C13H17BrO7/c1-16-6-19-10-4-9(13(15)21-8-18-3)5-11(12(10)14)20-7-17-2/h4-5H,6-8H2,1-3H3. The molecular weight excluding hydrogens is 348 g/mol. The second-order valence-corrected chi connectivity index (χ2v) is 4.52. The number of hydrogen-bond donors (Lipinski definition) is 0. The average molecular weight is 365 g/mol. The van der Waals surface area contributed by atoms with Crippen molar-refractivity contribution in [3.05, 3.63) is 22.2 Å². The van der Waals surface area contributed by atoms with Gasteiger partial charge in [0.05, 0.1) is 5.56 Å². The van der Waals surface area contributed by atoms with Crippen molar-refractivity contribution in [3.8, 4) is 11.5 Å². The SMILES string of the molecule is COCOC(=O)c1cc(OCOC)c(Br)c(OCOC)c1. The first kappa shape index (κ1) is 17.7. The summed E-state index contributed by atoms with van der Waals surface area (Å²) >= 11 is 3.34. The minimum Gasteiger partial charge on any atom is -0.466 e. The van der Waals surface area contributed by atoms with Crippen LogP contribution in [-0.2, 0) is 18.9 Å². The van der Waals surface area contributed by atoms with E-state index in [0.29, 0.717) is 16.0 Å². The van der Waals surface area contributed by atoms with Crippen molar-refractivity contribution in [1.29, 1.82) is 0 Å². The Morgan fingerprint density at radius 3 is 1.86 bits per heavy atom. The molecule has 1 aromatic carbocycles. The zero-order valence-corrected chi connectivity index (χ0v) is 13.6. The highest BCUT2D eigenvalue weighted by atomic mass is 79.9. The van der Waals surface area contributed by atoms with E-state index in [0.717, 1.165) is 0 Å². The highest BCUT2D eigenvalue weighted by Gasteiger charge is 2.16. The van der Waals surface area contributed by atoms with Crippen LogP contribution >= 0.6 is 15.9 Å². The number of hydrogen-bond acceptors (Lipinski definition) is 7. The highest BCUT2D eigenvalue weighted by Crippen LogP contribution is 2.36. The number of ether oxygens (including phenoxy) is 6. The molecule has 0 unspecified atom stereocenters. The molecule has 0 saturated heterocycles. The molecule has 0 spiro atoms. The molecule has 0 aromatic heterocycles. The molecular formula is C13H17BrO7. The van der Waals surface area contributed by atoms with E-state index in [1.165, 1.54) is 33.5 Å². The van der Waals surface area contributed by atoms with Gasteiger partial charge in [-0.2, -0.15) is 0 Å². The van der Waals surface area contributed by atoms with E-state index < -0.39 is 5.97 Å². The monoisotopic (exact) mass is 364 g/mol. The van der Waals surface area contributed by atoms with Gasteiger partial charge in [-0.25, -0.2) is 4.79 Å². The van der Waals surface area contributed by atoms with E-state index in [4.69, 9.17) is 28.4 Å². The molecule has 0 radical (unpaired) electrons. The third-order valence-corrected chi connectivity index (χ3v) is 3.00. The van der Waals surface area contributed by atoms with Crippen molar-refractivity contribution in [2.75, 3.05) is 41.7 Å². The van der Waals surface area contributed by atoms with E-state index in [9.17, 15) is 4.79 Å². The minimum atomic E-state index is -0.561. The molecule has 118 valence electrons. The highest BCUT2D eigenvalue weighted by molar-refractivity contribution is 9.10. The first-order valence-electron chi connectivity index (χ1n) is 5.87. The Labute approximate surface area is 131 Å². The van der Waals surface area contributed by atoms with Crippen molar-refractivity contribution >= 4 is 21.9 Å². The second-order valence-electron chi connectivity index (χ2n) is 3.73. The summed E-state index contributed by atoms with van der Waals surface area (Å²) in [6, 6.07) is 3.03. The number of esters is 1. The summed E-state index contributed by atoms with van der Waals surface area (Å²) in [5.74, 6) is 0.207. The lowest BCUT2D eigenvalue weighted by molar-refractivity contribution is -0.0127. The van der Waals surface area contributed by atoms with Crippen LogP contribution in [0.4, 0.5) is 0 Å². The van der Waals surface area contributed by atoms with Gasteiger partial charge >= 0.3 is 5.97 Å². The largest absolute Gasteiger partial charge is 0.466 e. The fourth-order valence-electron chi connectivity index (χ4n) is 1.34. The summed E-state index contributed by atoms with van der Waals surface area (Å²) in [6.45, 7) is -0.0881. The molecule has 0 saturated carbocycles. The van der Waals surface area contributed by atoms with Crippen molar-refractivity contribution in [2.24, 2.45) is 0 Å². The number of rotatable bonds is 9. The van der Waals surface area contributed by atoms with Crippen molar-refractivity contribution in [2.45, 2.75) is 0 Å². The Morgan fingerprint density at radius 2 is 1.43 bits per heavy atom. The second kappa shape index (κ2) is 9.56. The molecule has 0 aliphatic rings. The van der Waals surface area contributed by atoms with Crippen molar-refractivity contribution in [3.63, 3.8) is 0 Å². The van der Waals surface area contributed by atoms with Gasteiger partial charge in [-0.15, -0.1) is 0 Å². The average Bonchev–Trinajstić information content (AvgIpc) is 2.50. The fraction of sp³-hybridized carbons (Fsp3) is 0.462. The maximum Gasteiger partial charge on any atom is 0.340 e. The molecule has 0 aliphatic carbocycles. The van der Waals surface area contributed by atoms with Crippen LogP contribution in [0.1, 0.15) is 10.4 Å². The molecule has 7 nitrogen and oxygen atoms in total. The Kier molecular flexibility index (Phi) is 8.06. The normalized spacial score (nSPS) is 10.3. The van der Waals surface area contributed by atoms with Crippen LogP contribution < -0.4 is 9.47 Å². The third-order valence-electron chi connectivity index (χ3n) is 2.21. The molecule has 0 heterocycles. The van der Waals surface area contributed by atoms with Crippen LogP contribution in [0.25, 0.3) is 0 Å². The van der Waals surface area contributed by atoms with Gasteiger partial charge in [-0.05, 0) is 28.1 Å². The lowest BCUT2D eigenvalue weighted by atomic mass is 10.2. The van der Waals surface area contributed by atoms with Crippen LogP contribution in [0.3, 0.4) is 0 Å². The first-order chi connectivity index (χ1) is 10.1. The Hall–Kier alpha value is -1.35. The first-order valence-corrected chi connectivity index (χ1v) is 6.66. The minimum absolute atomic E-state index is 0.0267. The van der Waals surface area contributed by atoms with Gasteiger partial charge < -0.3 is 28.4 Å². The van der Waals surface area contributed by atoms with Crippen LogP contribution in [0.15, 0.2) is 16.6 Å². The fourth-order valence-corrected chi connectivity index (χ4v) is 1.80. The van der Waals surface area contributed by atoms with Crippen molar-refractivity contribution in [1.82, 2.24) is 0 Å². The van der Waals surface area contributed by atoms with Crippen LogP contribution in [0.2, 0.25) is 0 Å². The smallest absolute Gasteiger partial charge is 0.340 e. The summed E-state index contributed by atoms with van der Waals surface area (Å²) in [7, 11) is 4.41. The van der Waals surface area contributed by atoms with E-state index >= 15 is 0 Å². The number of methoxy groups -OCH3 is 3. The third kappa shape index (κ3) is 5.50. The Bertz CT molecular complexity index is 435. The zero-order valence-electron chi connectivity index (χ0n) is 12.0. The lowest BCUT2D eigenvalue weighted by Gasteiger charge is -2.14.